The average Bonchev–Trinajstić information content (AvgIpc) is 2.62. The zero-order valence-electron chi connectivity index (χ0n) is 16.7. The second kappa shape index (κ2) is 8.70. The van der Waals surface area contributed by atoms with E-state index in [1.165, 1.54) is 32.3 Å². The van der Waals surface area contributed by atoms with Crippen molar-refractivity contribution in [2.45, 2.75) is 26.8 Å². The fourth-order valence-corrected chi connectivity index (χ4v) is 3.94. The Bertz CT molecular complexity index is 961. The van der Waals surface area contributed by atoms with E-state index in [9.17, 15) is 17.6 Å². The summed E-state index contributed by atoms with van der Waals surface area (Å²) in [6.07, 6.45) is 0. The first-order valence-electron chi connectivity index (χ1n) is 8.85. The van der Waals surface area contributed by atoms with E-state index in [0.29, 0.717) is 0 Å². The highest BCUT2D eigenvalue weighted by atomic mass is 32.2. The summed E-state index contributed by atoms with van der Waals surface area (Å²) in [5.41, 5.74) is 2.85. The third-order valence-electron chi connectivity index (χ3n) is 4.43. The molecule has 0 saturated heterocycles. The molecule has 1 N–H and O–H groups in total. The van der Waals surface area contributed by atoms with Gasteiger partial charge >= 0.3 is 10.2 Å². The van der Waals surface area contributed by atoms with Crippen LogP contribution in [0, 0.1) is 19.7 Å². The first-order valence-corrected chi connectivity index (χ1v) is 10.2. The average molecular weight is 408 g/mol. The number of anilines is 1. The first-order chi connectivity index (χ1) is 13.0. The molecule has 0 bridgehead atoms. The number of aryl methyl sites for hydroxylation is 2. The van der Waals surface area contributed by atoms with Gasteiger partial charge < -0.3 is 5.32 Å². The lowest BCUT2D eigenvalue weighted by Crippen LogP contribution is -2.46. The Kier molecular flexibility index (Phi) is 6.79. The molecule has 0 heterocycles. The molecule has 0 aromatic heterocycles. The molecule has 6 nitrogen and oxygen atoms in total. The summed E-state index contributed by atoms with van der Waals surface area (Å²) in [6, 6.07) is 11.1. The largest absolute Gasteiger partial charge is 0.348 e. The molecule has 0 radical (unpaired) electrons. The summed E-state index contributed by atoms with van der Waals surface area (Å²) in [6.45, 7) is 5.20. The maximum Gasteiger partial charge on any atom is 0.304 e. The molecule has 1 atom stereocenters. The molecule has 0 aliphatic heterocycles. The van der Waals surface area contributed by atoms with Crippen LogP contribution in [-0.4, -0.2) is 39.3 Å². The monoisotopic (exact) mass is 407 g/mol. The van der Waals surface area contributed by atoms with Crippen molar-refractivity contribution in [2.75, 3.05) is 24.9 Å². The topological polar surface area (TPSA) is 69.7 Å². The third-order valence-corrected chi connectivity index (χ3v) is 6.23. The van der Waals surface area contributed by atoms with Crippen LogP contribution in [0.2, 0.25) is 0 Å². The highest BCUT2D eigenvalue weighted by Gasteiger charge is 2.29. The number of amides is 1. The van der Waals surface area contributed by atoms with E-state index in [2.05, 4.69) is 5.32 Å². The molecule has 1 amide bonds. The summed E-state index contributed by atoms with van der Waals surface area (Å²) >= 11 is 0. The van der Waals surface area contributed by atoms with Gasteiger partial charge in [-0.2, -0.15) is 12.7 Å². The SMILES string of the molecule is Cc1ccc(C)c(C(C)NC(=O)CN(c2ccccc2F)S(=O)(=O)N(C)C)c1. The van der Waals surface area contributed by atoms with Crippen LogP contribution in [0.25, 0.3) is 0 Å². The van der Waals surface area contributed by atoms with Crippen LogP contribution in [0.4, 0.5) is 10.1 Å². The smallest absolute Gasteiger partial charge is 0.304 e. The van der Waals surface area contributed by atoms with Crippen LogP contribution in [-0.2, 0) is 15.0 Å². The van der Waals surface area contributed by atoms with E-state index >= 15 is 0 Å². The highest BCUT2D eigenvalue weighted by molar-refractivity contribution is 7.90. The fraction of sp³-hybridized carbons (Fsp3) is 0.350. The van der Waals surface area contributed by atoms with Crippen LogP contribution in [0.15, 0.2) is 42.5 Å². The molecular weight excluding hydrogens is 381 g/mol. The Morgan fingerprint density at radius 1 is 1.14 bits per heavy atom. The van der Waals surface area contributed by atoms with E-state index in [1.807, 2.05) is 39.0 Å². The van der Waals surface area contributed by atoms with Crippen molar-refractivity contribution >= 4 is 21.8 Å². The Hall–Kier alpha value is -2.45. The van der Waals surface area contributed by atoms with Crippen LogP contribution in [0.3, 0.4) is 0 Å². The van der Waals surface area contributed by atoms with Gasteiger partial charge in [-0.25, -0.2) is 8.70 Å². The molecular formula is C20H26FN3O3S. The molecule has 0 aliphatic carbocycles. The van der Waals surface area contributed by atoms with E-state index in [-0.39, 0.29) is 11.7 Å². The van der Waals surface area contributed by atoms with E-state index < -0.39 is 28.5 Å². The van der Waals surface area contributed by atoms with Gasteiger partial charge in [-0.1, -0.05) is 35.9 Å². The lowest BCUT2D eigenvalue weighted by atomic mass is 10.00. The van der Waals surface area contributed by atoms with Crippen LogP contribution >= 0.6 is 0 Å². The summed E-state index contributed by atoms with van der Waals surface area (Å²) in [5.74, 6) is -1.25. The first kappa shape index (κ1) is 21.8. The number of carbonyl (C=O) groups excluding carboxylic acids is 1. The predicted molar refractivity (Wildman–Crippen MR) is 109 cm³/mol. The van der Waals surface area contributed by atoms with Gasteiger partial charge in [0.2, 0.25) is 5.91 Å². The molecule has 0 aliphatic rings. The number of carbonyl (C=O) groups is 1. The predicted octanol–water partition coefficient (Wildman–Crippen LogP) is 2.93. The van der Waals surface area contributed by atoms with Gasteiger partial charge in [0.1, 0.15) is 12.4 Å². The van der Waals surface area contributed by atoms with Crippen LogP contribution < -0.4 is 9.62 Å². The number of halogens is 1. The molecule has 28 heavy (non-hydrogen) atoms. The number of nitrogens with one attached hydrogen (secondary N) is 1. The highest BCUT2D eigenvalue weighted by Crippen LogP contribution is 2.23. The van der Waals surface area contributed by atoms with Gasteiger partial charge in [0, 0.05) is 14.1 Å². The van der Waals surface area contributed by atoms with Crippen molar-refractivity contribution in [2.24, 2.45) is 0 Å². The summed E-state index contributed by atoms with van der Waals surface area (Å²) in [5, 5.41) is 2.81. The number of nitrogens with zero attached hydrogens (tertiary/aromatic N) is 2. The normalized spacial score (nSPS) is 12.7. The van der Waals surface area contributed by atoms with Crippen molar-refractivity contribution in [3.8, 4) is 0 Å². The summed E-state index contributed by atoms with van der Waals surface area (Å²) in [7, 11) is -1.39. The minimum Gasteiger partial charge on any atom is -0.348 e. The van der Waals surface area contributed by atoms with Gasteiger partial charge in [0.05, 0.1) is 11.7 Å². The fourth-order valence-electron chi connectivity index (χ4n) is 2.86. The lowest BCUT2D eigenvalue weighted by molar-refractivity contribution is -0.120. The second-order valence-electron chi connectivity index (χ2n) is 6.90. The van der Waals surface area contributed by atoms with Crippen molar-refractivity contribution in [3.05, 3.63) is 65.0 Å². The Labute approximate surface area is 166 Å². The number of hydrogen-bond donors (Lipinski definition) is 1. The second-order valence-corrected chi connectivity index (χ2v) is 8.96. The minimum atomic E-state index is -4.06. The zero-order chi connectivity index (χ0) is 21.1. The van der Waals surface area contributed by atoms with Crippen molar-refractivity contribution in [1.29, 1.82) is 0 Å². The van der Waals surface area contributed by atoms with Gasteiger partial charge in [-0.05, 0) is 44.0 Å². The molecule has 8 heteroatoms. The van der Waals surface area contributed by atoms with Crippen molar-refractivity contribution in [3.63, 3.8) is 0 Å². The molecule has 1 unspecified atom stereocenters. The maximum atomic E-state index is 14.3. The van der Waals surface area contributed by atoms with E-state index in [4.69, 9.17) is 0 Å². The molecule has 0 saturated carbocycles. The summed E-state index contributed by atoms with van der Waals surface area (Å²) < 4.78 is 41.3. The number of benzene rings is 2. The molecule has 0 spiro atoms. The van der Waals surface area contributed by atoms with Gasteiger partial charge in [0.15, 0.2) is 0 Å². The number of rotatable bonds is 7. The quantitative estimate of drug-likeness (QED) is 0.767. The lowest BCUT2D eigenvalue weighted by Gasteiger charge is -2.28. The van der Waals surface area contributed by atoms with Crippen molar-refractivity contribution in [1.82, 2.24) is 9.62 Å². The van der Waals surface area contributed by atoms with E-state index in [0.717, 1.165) is 31.4 Å². The zero-order valence-corrected chi connectivity index (χ0v) is 17.5. The van der Waals surface area contributed by atoms with Gasteiger partial charge in [-0.15, -0.1) is 0 Å². The third kappa shape index (κ3) is 4.88. The molecule has 2 rings (SSSR count). The van der Waals surface area contributed by atoms with Gasteiger partial charge in [-0.3, -0.25) is 4.79 Å². The molecule has 152 valence electrons. The Morgan fingerprint density at radius 3 is 2.39 bits per heavy atom. The number of hydrogen-bond acceptors (Lipinski definition) is 3. The maximum absolute atomic E-state index is 14.3. The van der Waals surface area contributed by atoms with Crippen LogP contribution in [0.5, 0.6) is 0 Å². The Morgan fingerprint density at radius 2 is 1.79 bits per heavy atom. The molecule has 2 aromatic rings. The molecule has 0 fully saturated rings. The van der Waals surface area contributed by atoms with E-state index in [1.54, 1.807) is 0 Å². The standard InChI is InChI=1S/C20H26FN3O3S/c1-14-10-11-15(2)17(12-14)16(3)22-20(25)13-24(28(26,27)23(4)5)19-9-7-6-8-18(19)21/h6-12,16H,13H2,1-5H3,(H,22,25). The number of para-hydroxylation sites is 1. The minimum absolute atomic E-state index is 0.175. The summed E-state index contributed by atoms with van der Waals surface area (Å²) in [4.78, 5) is 12.6. The Balaban J connectivity index is 2.28. The van der Waals surface area contributed by atoms with Gasteiger partial charge in [0.25, 0.3) is 0 Å². The molecule has 2 aromatic carbocycles. The van der Waals surface area contributed by atoms with Crippen LogP contribution in [0.1, 0.15) is 29.7 Å². The van der Waals surface area contributed by atoms with Crippen molar-refractivity contribution < 1.29 is 17.6 Å².